The van der Waals surface area contributed by atoms with Crippen molar-refractivity contribution in [2.24, 2.45) is 7.05 Å². The van der Waals surface area contributed by atoms with E-state index in [2.05, 4.69) is 15.4 Å². The lowest BCUT2D eigenvalue weighted by Gasteiger charge is -2.42. The van der Waals surface area contributed by atoms with E-state index < -0.39 is 65.6 Å². The lowest BCUT2D eigenvalue weighted by atomic mass is 9.81. The summed E-state index contributed by atoms with van der Waals surface area (Å²) in [6.07, 6.45) is -15.4. The van der Waals surface area contributed by atoms with E-state index in [1.165, 1.54) is 32.2 Å². The van der Waals surface area contributed by atoms with Crippen LogP contribution in [0.1, 0.15) is 46.2 Å². The fourth-order valence-corrected chi connectivity index (χ4v) is 5.24. The topological polar surface area (TPSA) is 85.6 Å². The summed E-state index contributed by atoms with van der Waals surface area (Å²) < 4.78 is 134. The van der Waals surface area contributed by atoms with E-state index in [1.807, 2.05) is 0 Å². The lowest BCUT2D eigenvalue weighted by Crippen LogP contribution is -2.46. The smallest absolute Gasteiger partial charge is 0.416 e. The lowest BCUT2D eigenvalue weighted by molar-refractivity contribution is -0.143. The molecule has 1 fully saturated rings. The molecule has 0 saturated carbocycles. The van der Waals surface area contributed by atoms with Gasteiger partial charge in [0.05, 0.1) is 36.4 Å². The van der Waals surface area contributed by atoms with Gasteiger partial charge < -0.3 is 19.3 Å². The minimum absolute atomic E-state index is 0.00586. The fraction of sp³-hybridized carbons (Fsp3) is 0.481. The van der Waals surface area contributed by atoms with E-state index in [0.717, 1.165) is 21.8 Å². The number of methoxy groups -OCH3 is 2. The molecule has 0 aliphatic carbocycles. The molecule has 18 heteroatoms. The Morgan fingerprint density at radius 3 is 1.91 bits per heavy atom. The molecule has 1 aliphatic heterocycles. The number of ether oxygens (including phenoxy) is 2. The van der Waals surface area contributed by atoms with Crippen LogP contribution in [-0.2, 0) is 53.7 Å². The molecule has 0 atom stereocenters. The summed E-state index contributed by atoms with van der Waals surface area (Å²) in [4.78, 5) is 15.5. The second kappa shape index (κ2) is 12.4. The maximum Gasteiger partial charge on any atom is 0.416 e. The normalized spacial score (nSPS) is 15.7. The summed E-state index contributed by atoms with van der Waals surface area (Å²) in [5.41, 5.74) is -5.56. The van der Waals surface area contributed by atoms with E-state index in [9.17, 15) is 44.3 Å². The molecule has 2 heterocycles. The second-order valence-corrected chi connectivity index (χ2v) is 10.4. The van der Waals surface area contributed by atoms with Gasteiger partial charge in [0, 0.05) is 33.3 Å². The van der Waals surface area contributed by atoms with Crippen molar-refractivity contribution in [3.63, 3.8) is 0 Å². The number of rotatable bonds is 7. The van der Waals surface area contributed by atoms with Crippen LogP contribution in [0.2, 0.25) is 0 Å². The molecular formula is C27H27F9N6O3. The third-order valence-corrected chi connectivity index (χ3v) is 7.48. The monoisotopic (exact) mass is 654 g/mol. The first-order chi connectivity index (χ1) is 20.9. The molecule has 0 N–H and O–H groups in total. The van der Waals surface area contributed by atoms with Crippen LogP contribution in [0, 0.1) is 0 Å². The number of hydrogen-bond donors (Lipinski definition) is 0. The van der Waals surface area contributed by atoms with Crippen molar-refractivity contribution < 1.29 is 53.8 Å². The van der Waals surface area contributed by atoms with Crippen molar-refractivity contribution in [3.05, 3.63) is 69.8 Å². The number of carbonyl (C=O) groups excluding carboxylic acids is 1. The number of halogens is 9. The maximum absolute atomic E-state index is 13.9. The SMILES string of the molecule is COC(=O)N1CCC(OC)(c2ccc(C(F)(F)F)cc2CN(Cc2cc(C(F)(F)F)cc(C(F)(F)F)c2)c2nnn(C)n2)CC1. The summed E-state index contributed by atoms with van der Waals surface area (Å²) in [7, 11) is 3.90. The number of tetrazole rings is 1. The molecule has 1 aromatic heterocycles. The highest BCUT2D eigenvalue weighted by atomic mass is 19.4. The van der Waals surface area contributed by atoms with Crippen LogP contribution in [-0.4, -0.2) is 58.5 Å². The molecule has 1 amide bonds. The first-order valence-electron chi connectivity index (χ1n) is 13.2. The van der Waals surface area contributed by atoms with Gasteiger partial charge in [-0.2, -0.15) is 44.3 Å². The van der Waals surface area contributed by atoms with Crippen LogP contribution in [0.25, 0.3) is 0 Å². The highest BCUT2D eigenvalue weighted by Crippen LogP contribution is 2.42. The zero-order valence-electron chi connectivity index (χ0n) is 24.0. The number of hydrogen-bond acceptors (Lipinski definition) is 7. The number of aromatic nitrogens is 4. The van der Waals surface area contributed by atoms with Gasteiger partial charge in [-0.15, -0.1) is 5.10 Å². The van der Waals surface area contributed by atoms with Crippen molar-refractivity contribution in [2.45, 2.75) is 50.1 Å². The van der Waals surface area contributed by atoms with Gasteiger partial charge >= 0.3 is 24.6 Å². The zero-order valence-corrected chi connectivity index (χ0v) is 24.0. The largest absolute Gasteiger partial charge is 0.453 e. The van der Waals surface area contributed by atoms with Crippen LogP contribution < -0.4 is 4.90 Å². The first-order valence-corrected chi connectivity index (χ1v) is 13.2. The molecule has 45 heavy (non-hydrogen) atoms. The van der Waals surface area contributed by atoms with E-state index in [1.54, 1.807) is 0 Å². The van der Waals surface area contributed by atoms with Gasteiger partial charge in [-0.1, -0.05) is 11.2 Å². The van der Waals surface area contributed by atoms with Gasteiger partial charge in [0.2, 0.25) is 0 Å². The number of amides is 1. The number of anilines is 1. The number of carbonyl (C=O) groups is 1. The van der Waals surface area contributed by atoms with Crippen molar-refractivity contribution in [1.29, 1.82) is 0 Å². The quantitative estimate of drug-likeness (QED) is 0.282. The number of aryl methyl sites for hydroxylation is 1. The van der Waals surface area contributed by atoms with Crippen LogP contribution in [0.15, 0.2) is 36.4 Å². The molecule has 246 valence electrons. The summed E-state index contributed by atoms with van der Waals surface area (Å²) in [5.74, 6) is -0.265. The van der Waals surface area contributed by atoms with E-state index in [-0.39, 0.29) is 49.1 Å². The molecule has 1 aliphatic rings. The van der Waals surface area contributed by atoms with Gasteiger partial charge in [-0.25, -0.2) is 4.79 Å². The highest BCUT2D eigenvalue weighted by Gasteiger charge is 2.42. The first kappa shape index (κ1) is 33.8. The number of piperidine rings is 1. The molecule has 0 unspecified atom stereocenters. The molecule has 0 radical (unpaired) electrons. The Balaban J connectivity index is 1.82. The zero-order chi connectivity index (χ0) is 33.4. The minimum atomic E-state index is -5.12. The Morgan fingerprint density at radius 2 is 1.44 bits per heavy atom. The standard InChI is InChI=1S/C27H27F9N6O3/c1-40-38-22(37-39-40)42(14-16-10-19(26(31,32)33)13-20(11-16)27(34,35)36)15-17-12-18(25(28,29)30)4-5-21(17)24(45-3)6-8-41(9-7-24)23(43)44-2/h4-5,10-13H,6-9,14-15H2,1-3H3. The number of benzene rings is 2. The Hall–Kier alpha value is -4.09. The molecule has 1 saturated heterocycles. The van der Waals surface area contributed by atoms with Crippen molar-refractivity contribution in [1.82, 2.24) is 25.1 Å². The third-order valence-electron chi connectivity index (χ3n) is 7.48. The third kappa shape index (κ3) is 7.59. The molecule has 0 bridgehead atoms. The summed E-state index contributed by atoms with van der Waals surface area (Å²) >= 11 is 0. The molecule has 2 aromatic carbocycles. The van der Waals surface area contributed by atoms with Gasteiger partial charge in [-0.05, 0) is 65.1 Å². The Morgan fingerprint density at radius 1 is 0.867 bits per heavy atom. The number of alkyl halides is 9. The van der Waals surface area contributed by atoms with Crippen LogP contribution in [0.4, 0.5) is 50.3 Å². The predicted octanol–water partition coefficient (Wildman–Crippen LogP) is 6.18. The number of nitrogens with zero attached hydrogens (tertiary/aromatic N) is 6. The predicted molar refractivity (Wildman–Crippen MR) is 138 cm³/mol. The summed E-state index contributed by atoms with van der Waals surface area (Å²) in [5, 5.41) is 11.5. The second-order valence-electron chi connectivity index (χ2n) is 10.4. The van der Waals surface area contributed by atoms with Crippen LogP contribution in [0.5, 0.6) is 0 Å². The Labute approximate surface area is 250 Å². The van der Waals surface area contributed by atoms with E-state index in [0.29, 0.717) is 12.1 Å². The highest BCUT2D eigenvalue weighted by molar-refractivity contribution is 5.67. The van der Waals surface area contributed by atoms with Gasteiger partial charge in [-0.3, -0.25) is 0 Å². The summed E-state index contributed by atoms with van der Waals surface area (Å²) in [6, 6.07) is 3.90. The maximum atomic E-state index is 13.9. The van der Waals surface area contributed by atoms with Crippen LogP contribution >= 0.6 is 0 Å². The van der Waals surface area contributed by atoms with E-state index in [4.69, 9.17) is 9.47 Å². The Bertz CT molecular complexity index is 1480. The molecule has 9 nitrogen and oxygen atoms in total. The molecule has 3 aromatic rings. The molecule has 0 spiro atoms. The van der Waals surface area contributed by atoms with Gasteiger partial charge in [0.25, 0.3) is 5.95 Å². The average Bonchev–Trinajstić information content (AvgIpc) is 3.41. The number of likely N-dealkylation sites (tertiary alicyclic amines) is 1. The minimum Gasteiger partial charge on any atom is -0.453 e. The molecule has 4 rings (SSSR count). The van der Waals surface area contributed by atoms with Crippen LogP contribution in [0.3, 0.4) is 0 Å². The van der Waals surface area contributed by atoms with Crippen molar-refractivity contribution >= 4 is 12.0 Å². The average molecular weight is 655 g/mol. The van der Waals surface area contributed by atoms with Crippen molar-refractivity contribution in [3.8, 4) is 0 Å². The van der Waals surface area contributed by atoms with Gasteiger partial charge in [0.1, 0.15) is 0 Å². The van der Waals surface area contributed by atoms with Gasteiger partial charge in [0.15, 0.2) is 0 Å². The summed E-state index contributed by atoms with van der Waals surface area (Å²) in [6.45, 7) is -0.902. The van der Waals surface area contributed by atoms with E-state index >= 15 is 0 Å². The van der Waals surface area contributed by atoms with Crippen molar-refractivity contribution in [2.75, 3.05) is 32.2 Å². The molecular weight excluding hydrogens is 627 g/mol. The fourth-order valence-electron chi connectivity index (χ4n) is 5.24. The Kier molecular flexibility index (Phi) is 9.28.